The second-order valence-electron chi connectivity index (χ2n) is 16.7. The fourth-order valence-electron chi connectivity index (χ4n) is 10.8. The summed E-state index contributed by atoms with van der Waals surface area (Å²) in [5.41, 5.74) is 8.34. The summed E-state index contributed by atoms with van der Waals surface area (Å²) >= 11 is 0. The largest absolute Gasteiger partial charge is 0.313 e. The summed E-state index contributed by atoms with van der Waals surface area (Å²) in [5.74, 6) is 1.75. The van der Waals surface area contributed by atoms with Gasteiger partial charge in [0.1, 0.15) is 7.14 Å². The molecule has 10 rings (SSSR count). The van der Waals surface area contributed by atoms with Gasteiger partial charge in [-0.25, -0.2) is 0 Å². The van der Waals surface area contributed by atoms with Gasteiger partial charge in [0.05, 0.1) is 0 Å². The highest BCUT2D eigenvalue weighted by Gasteiger charge is 2.61. The summed E-state index contributed by atoms with van der Waals surface area (Å²) in [6.45, 7) is 11.9. The molecule has 5 atom stereocenters. The van der Waals surface area contributed by atoms with Gasteiger partial charge in [0, 0.05) is 16.3 Å². The van der Waals surface area contributed by atoms with E-state index in [2.05, 4.69) is 156 Å². The van der Waals surface area contributed by atoms with Crippen molar-refractivity contribution in [1.82, 2.24) is 0 Å². The van der Waals surface area contributed by atoms with Crippen molar-refractivity contribution in [2.75, 3.05) is 0 Å². The maximum Gasteiger partial charge on any atom is 0.147 e. The second kappa shape index (κ2) is 12.7. The Labute approximate surface area is 310 Å². The monoisotopic (exact) mass is 698 g/mol. The fourth-order valence-corrected chi connectivity index (χ4v) is 14.9. The van der Waals surface area contributed by atoms with Crippen molar-refractivity contribution >= 4 is 67.3 Å². The Bertz CT molecular complexity index is 2470. The normalized spacial score (nSPS) is 25.1. The van der Waals surface area contributed by atoms with Gasteiger partial charge < -0.3 is 4.57 Å². The quantitative estimate of drug-likeness (QED) is 0.0878. The molecule has 6 aromatic rings. The molecule has 0 amide bonds. The Morgan fingerprint density at radius 3 is 2.00 bits per heavy atom. The zero-order valence-corrected chi connectivity index (χ0v) is 32.3. The minimum atomic E-state index is -2.87. The van der Waals surface area contributed by atoms with Crippen molar-refractivity contribution in [3.05, 3.63) is 138 Å². The SMILES string of the molecule is CCC/C(=C(\CCC)c1ccc2ccc3ccc4ccccc4c3c2c1)c1ccc2c(c1)C=C(c1ccccc1)[P@@]2(=O)[C@@H]1C[C@@H]2C[C@H]([C@H]1C)C2(C)C. The lowest BCUT2D eigenvalue weighted by molar-refractivity contribution is -0.0963. The lowest BCUT2D eigenvalue weighted by Gasteiger charge is -2.63. The molecular formula is C50H51OP. The number of hydrogen-bond acceptors (Lipinski definition) is 1. The standard InChI is InChI=1S/C50H51OP/c1-6-13-41(42(14-7-2)38-24-21-34-20-23-36-22-19-33-15-11-12-18-43(33)49(36)44(34)28-38)37-25-26-46-39(27-37)29-48(35-16-9-8-10-17-35)52(46,51)47-31-40-30-45(32(47)3)50(40,4)5/h8-12,15-29,32,40,45,47H,6-7,13-14,30-31H2,1-5H3/b42-41-/t32-,40+,45-,47-,52+/m1/s1. The molecule has 0 unspecified atom stereocenters. The summed E-state index contributed by atoms with van der Waals surface area (Å²) in [5, 5.41) is 10.0. The molecule has 4 aliphatic rings. The van der Waals surface area contributed by atoms with E-state index >= 15 is 4.57 Å². The Balaban J connectivity index is 1.21. The van der Waals surface area contributed by atoms with Crippen LogP contribution in [0.3, 0.4) is 0 Å². The number of fused-ring (bicyclic) bond motifs is 8. The van der Waals surface area contributed by atoms with Crippen LogP contribution in [-0.4, -0.2) is 5.66 Å². The first kappa shape index (κ1) is 33.6. The van der Waals surface area contributed by atoms with Crippen LogP contribution >= 0.6 is 7.14 Å². The van der Waals surface area contributed by atoms with Gasteiger partial charge in [0.15, 0.2) is 0 Å². The summed E-state index contributed by atoms with van der Waals surface area (Å²) < 4.78 is 16.0. The highest BCUT2D eigenvalue weighted by molar-refractivity contribution is 7.82. The molecule has 2 bridgehead atoms. The molecule has 3 aliphatic carbocycles. The van der Waals surface area contributed by atoms with Gasteiger partial charge in [0.25, 0.3) is 0 Å². The first-order chi connectivity index (χ1) is 25.2. The lowest BCUT2D eigenvalue weighted by Crippen LogP contribution is -2.56. The van der Waals surface area contributed by atoms with Crippen LogP contribution in [-0.2, 0) is 4.57 Å². The fraction of sp³-hybridized carbons (Fsp3) is 0.320. The average molecular weight is 699 g/mol. The molecule has 0 radical (unpaired) electrons. The van der Waals surface area contributed by atoms with Crippen LogP contribution in [0.1, 0.15) is 95.4 Å². The number of rotatable bonds is 8. The average Bonchev–Trinajstić information content (AvgIpc) is 3.47. The molecule has 0 spiro atoms. The molecule has 1 heterocycles. The van der Waals surface area contributed by atoms with E-state index in [4.69, 9.17) is 0 Å². The van der Waals surface area contributed by atoms with Gasteiger partial charge in [-0.15, -0.1) is 0 Å². The number of benzene rings is 6. The van der Waals surface area contributed by atoms with Crippen molar-refractivity contribution in [3.8, 4) is 0 Å². The van der Waals surface area contributed by atoms with Crippen molar-refractivity contribution in [2.45, 2.75) is 78.8 Å². The highest BCUT2D eigenvalue weighted by Crippen LogP contribution is 2.75. The summed E-state index contributed by atoms with van der Waals surface area (Å²) in [6, 6.07) is 42.7. The lowest BCUT2D eigenvalue weighted by atomic mass is 9.46. The van der Waals surface area contributed by atoms with E-state index in [0.717, 1.165) is 48.3 Å². The Kier molecular flexibility index (Phi) is 8.24. The molecule has 2 heteroatoms. The zero-order chi connectivity index (χ0) is 35.8. The van der Waals surface area contributed by atoms with Crippen molar-refractivity contribution in [3.63, 3.8) is 0 Å². The molecular weight excluding hydrogens is 648 g/mol. The van der Waals surface area contributed by atoms with Crippen LogP contribution in [0.4, 0.5) is 0 Å². The predicted octanol–water partition coefficient (Wildman–Crippen LogP) is 14.2. The maximum absolute atomic E-state index is 16.0. The molecule has 0 saturated heterocycles. The number of hydrogen-bond donors (Lipinski definition) is 0. The summed E-state index contributed by atoms with van der Waals surface area (Å²) in [7, 11) is -2.87. The Hall–Kier alpha value is -4.19. The molecule has 52 heavy (non-hydrogen) atoms. The van der Waals surface area contributed by atoms with Crippen molar-refractivity contribution in [1.29, 1.82) is 0 Å². The highest BCUT2D eigenvalue weighted by atomic mass is 31.2. The van der Waals surface area contributed by atoms with Crippen LogP contribution in [0.15, 0.2) is 115 Å². The third-order valence-electron chi connectivity index (χ3n) is 13.7. The van der Waals surface area contributed by atoms with Crippen molar-refractivity contribution < 1.29 is 4.57 Å². The molecule has 1 nitrogen and oxygen atoms in total. The third-order valence-corrected chi connectivity index (χ3v) is 17.5. The Morgan fingerprint density at radius 1 is 0.692 bits per heavy atom. The molecule has 262 valence electrons. The first-order valence-corrected chi connectivity index (χ1v) is 21.6. The second-order valence-corrected chi connectivity index (χ2v) is 19.6. The number of allylic oxidation sites excluding steroid dienone is 2. The van der Waals surface area contributed by atoms with Crippen LogP contribution in [0, 0.1) is 23.2 Å². The minimum Gasteiger partial charge on any atom is -0.313 e. The van der Waals surface area contributed by atoms with E-state index < -0.39 is 7.14 Å². The molecule has 3 fully saturated rings. The van der Waals surface area contributed by atoms with E-state index in [1.54, 1.807) is 0 Å². The van der Waals surface area contributed by atoms with Gasteiger partial charge in [-0.3, -0.25) is 0 Å². The maximum atomic E-state index is 16.0. The van der Waals surface area contributed by atoms with E-state index in [-0.39, 0.29) is 5.66 Å². The van der Waals surface area contributed by atoms with E-state index in [1.807, 2.05) is 0 Å². The topological polar surface area (TPSA) is 17.1 Å². The van der Waals surface area contributed by atoms with Crippen LogP contribution in [0.2, 0.25) is 0 Å². The molecule has 3 saturated carbocycles. The van der Waals surface area contributed by atoms with Gasteiger partial charge in [-0.2, -0.15) is 0 Å². The molecule has 0 aromatic heterocycles. The molecule has 1 aliphatic heterocycles. The van der Waals surface area contributed by atoms with E-state index in [0.29, 0.717) is 23.2 Å². The van der Waals surface area contributed by atoms with Crippen LogP contribution < -0.4 is 5.30 Å². The summed E-state index contributed by atoms with van der Waals surface area (Å²) in [6.07, 6.45) is 8.87. The van der Waals surface area contributed by atoms with Crippen molar-refractivity contribution in [2.24, 2.45) is 23.2 Å². The predicted molar refractivity (Wildman–Crippen MR) is 227 cm³/mol. The summed E-state index contributed by atoms with van der Waals surface area (Å²) in [4.78, 5) is 0. The van der Waals surface area contributed by atoms with Crippen LogP contribution in [0.25, 0.3) is 54.9 Å². The van der Waals surface area contributed by atoms with E-state index in [9.17, 15) is 0 Å². The Morgan fingerprint density at radius 2 is 1.31 bits per heavy atom. The first-order valence-electron chi connectivity index (χ1n) is 19.8. The van der Waals surface area contributed by atoms with E-state index in [1.165, 1.54) is 66.6 Å². The van der Waals surface area contributed by atoms with Gasteiger partial charge in [0.2, 0.25) is 0 Å². The smallest absolute Gasteiger partial charge is 0.147 e. The minimum absolute atomic E-state index is 0.202. The van der Waals surface area contributed by atoms with Gasteiger partial charge in [-0.05, 0) is 139 Å². The van der Waals surface area contributed by atoms with Crippen LogP contribution in [0.5, 0.6) is 0 Å². The molecule has 6 aromatic carbocycles. The molecule has 0 N–H and O–H groups in total. The third kappa shape index (κ3) is 5.06. The van der Waals surface area contributed by atoms with Gasteiger partial charge in [-0.1, -0.05) is 145 Å². The van der Waals surface area contributed by atoms with Gasteiger partial charge >= 0.3 is 0 Å². The zero-order valence-electron chi connectivity index (χ0n) is 31.5.